The molecule has 0 saturated carbocycles. The lowest BCUT2D eigenvalue weighted by atomic mass is 10.2. The van der Waals surface area contributed by atoms with Gasteiger partial charge in [-0.3, -0.25) is 4.40 Å². The highest BCUT2D eigenvalue weighted by atomic mass is 16.5. The summed E-state index contributed by atoms with van der Waals surface area (Å²) >= 11 is 0. The molecule has 24 heavy (non-hydrogen) atoms. The molecule has 2 aromatic heterocycles. The van der Waals surface area contributed by atoms with E-state index in [1.807, 2.05) is 35.9 Å². The van der Waals surface area contributed by atoms with Gasteiger partial charge in [0, 0.05) is 50.3 Å². The zero-order valence-corrected chi connectivity index (χ0v) is 13.9. The summed E-state index contributed by atoms with van der Waals surface area (Å²) in [5.74, 6) is 2.67. The van der Waals surface area contributed by atoms with Gasteiger partial charge in [0.2, 0.25) is 5.65 Å². The molecule has 0 atom stereocenters. The SMILES string of the molecule is COc1cccc(N2CCN(c3nccn4c(C)nnc34)CC2)c1. The molecule has 0 amide bonds. The number of hydrogen-bond acceptors (Lipinski definition) is 6. The van der Waals surface area contributed by atoms with Crippen molar-refractivity contribution in [3.63, 3.8) is 0 Å². The number of anilines is 2. The standard InChI is InChI=1S/C17H20N6O/c1-13-19-20-17-16(18-6-7-23(13)17)22-10-8-21(9-11-22)14-4-3-5-15(12-14)24-2/h3-7,12H,8-11H2,1-2H3. The molecule has 1 aliphatic heterocycles. The van der Waals surface area contributed by atoms with E-state index in [0.717, 1.165) is 49.2 Å². The minimum absolute atomic E-state index is 0.824. The molecule has 0 spiro atoms. The van der Waals surface area contributed by atoms with E-state index in [-0.39, 0.29) is 0 Å². The minimum Gasteiger partial charge on any atom is -0.497 e. The molecule has 0 bridgehead atoms. The molecule has 3 heterocycles. The Labute approximate surface area is 140 Å². The molecule has 1 aliphatic rings. The first-order valence-corrected chi connectivity index (χ1v) is 8.06. The van der Waals surface area contributed by atoms with Gasteiger partial charge in [0.05, 0.1) is 7.11 Å². The Hall–Kier alpha value is -2.83. The van der Waals surface area contributed by atoms with Crippen molar-refractivity contribution < 1.29 is 4.74 Å². The van der Waals surface area contributed by atoms with Gasteiger partial charge >= 0.3 is 0 Å². The summed E-state index contributed by atoms with van der Waals surface area (Å²) in [6.45, 7) is 5.61. The van der Waals surface area contributed by atoms with E-state index in [2.05, 4.69) is 37.1 Å². The molecule has 1 aromatic carbocycles. The quantitative estimate of drug-likeness (QED) is 0.732. The lowest BCUT2D eigenvalue weighted by Crippen LogP contribution is -2.47. The first-order chi connectivity index (χ1) is 11.8. The van der Waals surface area contributed by atoms with Crippen LogP contribution in [0.3, 0.4) is 0 Å². The minimum atomic E-state index is 0.824. The lowest BCUT2D eigenvalue weighted by Gasteiger charge is -2.36. The Morgan fingerprint density at radius 2 is 1.83 bits per heavy atom. The molecular weight excluding hydrogens is 304 g/mol. The van der Waals surface area contributed by atoms with Crippen LogP contribution in [0, 0.1) is 6.92 Å². The summed E-state index contributed by atoms with van der Waals surface area (Å²) in [6.07, 6.45) is 3.72. The Morgan fingerprint density at radius 1 is 1.04 bits per heavy atom. The van der Waals surface area contributed by atoms with E-state index in [1.54, 1.807) is 7.11 Å². The molecular formula is C17H20N6O. The predicted molar refractivity (Wildman–Crippen MR) is 92.9 cm³/mol. The highest BCUT2D eigenvalue weighted by molar-refractivity contribution is 5.64. The molecule has 0 unspecified atom stereocenters. The summed E-state index contributed by atoms with van der Waals surface area (Å²) in [7, 11) is 1.70. The summed E-state index contributed by atoms with van der Waals surface area (Å²) in [5, 5.41) is 8.43. The number of aromatic nitrogens is 4. The summed E-state index contributed by atoms with van der Waals surface area (Å²) in [4.78, 5) is 9.18. The number of fused-ring (bicyclic) bond motifs is 1. The zero-order chi connectivity index (χ0) is 16.5. The Balaban J connectivity index is 1.53. The van der Waals surface area contributed by atoms with Gasteiger partial charge in [-0.15, -0.1) is 10.2 Å². The Bertz CT molecular complexity index is 853. The van der Waals surface area contributed by atoms with E-state index in [9.17, 15) is 0 Å². The van der Waals surface area contributed by atoms with Gasteiger partial charge in [-0.05, 0) is 19.1 Å². The van der Waals surface area contributed by atoms with Crippen LogP contribution in [0.15, 0.2) is 36.7 Å². The highest BCUT2D eigenvalue weighted by Crippen LogP contribution is 2.24. The number of nitrogens with zero attached hydrogens (tertiary/aromatic N) is 6. The fraction of sp³-hybridized carbons (Fsp3) is 0.353. The van der Waals surface area contributed by atoms with Crippen LogP contribution in [0.5, 0.6) is 5.75 Å². The number of benzene rings is 1. The van der Waals surface area contributed by atoms with E-state index in [0.29, 0.717) is 0 Å². The van der Waals surface area contributed by atoms with E-state index < -0.39 is 0 Å². The monoisotopic (exact) mass is 324 g/mol. The third-order valence-electron chi connectivity index (χ3n) is 4.48. The van der Waals surface area contributed by atoms with Gasteiger partial charge in [-0.1, -0.05) is 6.07 Å². The van der Waals surface area contributed by atoms with Crippen LogP contribution in [0.25, 0.3) is 5.65 Å². The molecule has 7 heteroatoms. The number of piperazine rings is 1. The second-order valence-corrected chi connectivity index (χ2v) is 5.87. The van der Waals surface area contributed by atoms with Crippen molar-refractivity contribution in [3.05, 3.63) is 42.5 Å². The number of methoxy groups -OCH3 is 1. The first-order valence-electron chi connectivity index (χ1n) is 8.06. The van der Waals surface area contributed by atoms with Gasteiger partial charge in [0.15, 0.2) is 5.82 Å². The molecule has 7 nitrogen and oxygen atoms in total. The van der Waals surface area contributed by atoms with Crippen molar-refractivity contribution in [1.82, 2.24) is 19.6 Å². The van der Waals surface area contributed by atoms with Crippen LogP contribution in [-0.4, -0.2) is 52.9 Å². The molecule has 3 aromatic rings. The van der Waals surface area contributed by atoms with Crippen LogP contribution in [0.1, 0.15) is 5.82 Å². The van der Waals surface area contributed by atoms with Gasteiger partial charge in [-0.2, -0.15) is 0 Å². The second kappa shape index (κ2) is 5.99. The lowest BCUT2D eigenvalue weighted by molar-refractivity contribution is 0.414. The Kier molecular flexibility index (Phi) is 3.68. The normalized spacial score (nSPS) is 15.1. The fourth-order valence-electron chi connectivity index (χ4n) is 3.14. The third kappa shape index (κ3) is 2.51. The molecule has 4 rings (SSSR count). The number of aryl methyl sites for hydroxylation is 1. The van der Waals surface area contributed by atoms with E-state index in [1.165, 1.54) is 5.69 Å². The van der Waals surface area contributed by atoms with Crippen molar-refractivity contribution in [2.45, 2.75) is 6.92 Å². The first kappa shape index (κ1) is 14.7. The van der Waals surface area contributed by atoms with Crippen LogP contribution in [-0.2, 0) is 0 Å². The molecule has 0 aliphatic carbocycles. The highest BCUT2D eigenvalue weighted by Gasteiger charge is 2.21. The second-order valence-electron chi connectivity index (χ2n) is 5.87. The maximum atomic E-state index is 5.32. The van der Waals surface area contributed by atoms with Crippen molar-refractivity contribution in [2.75, 3.05) is 43.1 Å². The number of hydrogen-bond donors (Lipinski definition) is 0. The predicted octanol–water partition coefficient (Wildman–Crippen LogP) is 1.77. The van der Waals surface area contributed by atoms with Crippen molar-refractivity contribution in [3.8, 4) is 5.75 Å². The molecule has 1 saturated heterocycles. The average Bonchev–Trinajstić information content (AvgIpc) is 3.03. The molecule has 0 N–H and O–H groups in total. The van der Waals surface area contributed by atoms with Crippen LogP contribution < -0.4 is 14.5 Å². The van der Waals surface area contributed by atoms with Crippen LogP contribution in [0.2, 0.25) is 0 Å². The maximum Gasteiger partial charge on any atom is 0.203 e. The van der Waals surface area contributed by atoms with Gasteiger partial charge in [0.1, 0.15) is 11.6 Å². The van der Waals surface area contributed by atoms with Gasteiger partial charge in [0.25, 0.3) is 0 Å². The third-order valence-corrected chi connectivity index (χ3v) is 4.48. The average molecular weight is 324 g/mol. The van der Waals surface area contributed by atoms with Crippen LogP contribution >= 0.6 is 0 Å². The largest absolute Gasteiger partial charge is 0.497 e. The summed E-state index contributed by atoms with van der Waals surface area (Å²) < 4.78 is 7.30. The molecule has 1 fully saturated rings. The van der Waals surface area contributed by atoms with Gasteiger partial charge < -0.3 is 14.5 Å². The van der Waals surface area contributed by atoms with Crippen molar-refractivity contribution in [1.29, 1.82) is 0 Å². The van der Waals surface area contributed by atoms with Gasteiger partial charge in [-0.25, -0.2) is 4.98 Å². The number of rotatable bonds is 3. The van der Waals surface area contributed by atoms with Crippen LogP contribution in [0.4, 0.5) is 11.5 Å². The topological polar surface area (TPSA) is 58.8 Å². The maximum absolute atomic E-state index is 5.32. The Morgan fingerprint density at radius 3 is 2.62 bits per heavy atom. The zero-order valence-electron chi connectivity index (χ0n) is 13.9. The summed E-state index contributed by atoms with van der Waals surface area (Å²) in [6, 6.07) is 8.20. The van der Waals surface area contributed by atoms with E-state index in [4.69, 9.17) is 4.74 Å². The summed E-state index contributed by atoms with van der Waals surface area (Å²) in [5.41, 5.74) is 2.02. The van der Waals surface area contributed by atoms with E-state index >= 15 is 0 Å². The molecule has 0 radical (unpaired) electrons. The van der Waals surface area contributed by atoms with Crippen molar-refractivity contribution >= 4 is 17.2 Å². The smallest absolute Gasteiger partial charge is 0.203 e. The number of ether oxygens (including phenoxy) is 1. The van der Waals surface area contributed by atoms with Crippen molar-refractivity contribution in [2.24, 2.45) is 0 Å². The molecule has 124 valence electrons. The fourth-order valence-corrected chi connectivity index (χ4v) is 3.14.